The van der Waals surface area contributed by atoms with E-state index in [0.29, 0.717) is 12.0 Å². The largest absolute Gasteiger partial charge is 0.508 e. The SMILES string of the molecule is COc1cc(C=CC(=O)OC2C(CO)OC(OCCc3ccc(O)cc3)C(OC3OCC(O)(CO)C3O)C2O)ccc1O. The number of hydrogen-bond acceptors (Lipinski definition) is 14. The molecule has 2 heterocycles. The van der Waals surface area contributed by atoms with Crippen LogP contribution in [0.4, 0.5) is 0 Å². The third-order valence-electron chi connectivity index (χ3n) is 7.14. The molecule has 2 fully saturated rings. The lowest BCUT2D eigenvalue weighted by molar-refractivity contribution is -0.336. The fraction of sp³-hybridized carbons (Fsp3) is 0.483. The monoisotopic (exact) mass is 608 g/mol. The molecule has 0 radical (unpaired) electrons. The van der Waals surface area contributed by atoms with E-state index in [2.05, 4.69) is 0 Å². The molecule has 43 heavy (non-hydrogen) atoms. The van der Waals surface area contributed by atoms with Crippen LogP contribution in [0.15, 0.2) is 48.5 Å². The van der Waals surface area contributed by atoms with E-state index in [9.17, 15) is 40.5 Å². The van der Waals surface area contributed by atoms with Crippen molar-refractivity contribution in [3.8, 4) is 17.2 Å². The summed E-state index contributed by atoms with van der Waals surface area (Å²) >= 11 is 0. The Bertz CT molecular complexity index is 1240. The van der Waals surface area contributed by atoms with Gasteiger partial charge in [-0.15, -0.1) is 0 Å². The third-order valence-corrected chi connectivity index (χ3v) is 7.14. The van der Waals surface area contributed by atoms with Gasteiger partial charge in [-0.05, 0) is 47.9 Å². The summed E-state index contributed by atoms with van der Waals surface area (Å²) in [6, 6.07) is 10.8. The van der Waals surface area contributed by atoms with E-state index in [0.717, 1.165) is 11.6 Å². The molecule has 2 aromatic rings. The van der Waals surface area contributed by atoms with E-state index >= 15 is 0 Å². The van der Waals surface area contributed by atoms with E-state index in [-0.39, 0.29) is 23.9 Å². The second kappa shape index (κ2) is 14.4. The van der Waals surface area contributed by atoms with Gasteiger partial charge in [0.05, 0.1) is 33.5 Å². The Hall–Kier alpha value is -3.31. The van der Waals surface area contributed by atoms with Crippen molar-refractivity contribution in [2.45, 2.75) is 55.1 Å². The smallest absolute Gasteiger partial charge is 0.331 e. The number of methoxy groups -OCH3 is 1. The van der Waals surface area contributed by atoms with Gasteiger partial charge in [0.2, 0.25) is 0 Å². The van der Waals surface area contributed by atoms with Crippen molar-refractivity contribution < 1.29 is 69.0 Å². The van der Waals surface area contributed by atoms with Gasteiger partial charge in [0.25, 0.3) is 0 Å². The number of phenolic OH excluding ortho intramolecular Hbond substituents is 2. The fourth-order valence-electron chi connectivity index (χ4n) is 4.62. The minimum absolute atomic E-state index is 0.0398. The molecule has 14 nitrogen and oxygen atoms in total. The van der Waals surface area contributed by atoms with E-state index < -0.39 is 74.5 Å². The van der Waals surface area contributed by atoms with Gasteiger partial charge >= 0.3 is 5.97 Å². The van der Waals surface area contributed by atoms with Crippen molar-refractivity contribution in [1.29, 1.82) is 0 Å². The lowest BCUT2D eigenvalue weighted by atomic mass is 9.97. The normalized spacial score (nSPS) is 30.9. The van der Waals surface area contributed by atoms with Crippen LogP contribution in [-0.2, 0) is 34.9 Å². The van der Waals surface area contributed by atoms with Crippen LogP contribution in [0.3, 0.4) is 0 Å². The van der Waals surface area contributed by atoms with E-state index in [1.54, 1.807) is 12.1 Å². The predicted molar refractivity (Wildman–Crippen MR) is 146 cm³/mol. The second-order valence-electron chi connectivity index (χ2n) is 10.2. The van der Waals surface area contributed by atoms with Crippen LogP contribution in [0, 0.1) is 0 Å². The van der Waals surface area contributed by atoms with Crippen LogP contribution in [0.25, 0.3) is 6.08 Å². The van der Waals surface area contributed by atoms with E-state index in [1.165, 1.54) is 43.5 Å². The van der Waals surface area contributed by atoms with Crippen LogP contribution in [0.5, 0.6) is 17.2 Å². The standard InChI is InChI=1S/C29H36O14/c1-38-20-12-17(4-8-19(20)33)5-9-22(34)42-24-21(13-30)41-27(39-11-10-16-2-6-18(32)7-3-16)25(23(24)35)43-28-26(36)29(37,14-31)15-40-28/h2-9,12,21,23-28,30-33,35-37H,10-11,13-15H2,1H3. The van der Waals surface area contributed by atoms with Crippen molar-refractivity contribution in [2.24, 2.45) is 0 Å². The second-order valence-corrected chi connectivity index (χ2v) is 10.2. The quantitative estimate of drug-likeness (QED) is 0.116. The number of carbonyl (C=O) groups is 1. The lowest BCUT2D eigenvalue weighted by Gasteiger charge is -2.43. The molecule has 4 rings (SSSR count). The minimum Gasteiger partial charge on any atom is -0.508 e. The summed E-state index contributed by atoms with van der Waals surface area (Å²) in [7, 11) is 1.37. The molecule has 14 heteroatoms. The molecule has 0 spiro atoms. The molecule has 0 amide bonds. The highest BCUT2D eigenvalue weighted by atomic mass is 16.8. The molecule has 0 aliphatic carbocycles. The Labute approximate surface area is 246 Å². The van der Waals surface area contributed by atoms with Gasteiger partial charge in [-0.2, -0.15) is 0 Å². The average molecular weight is 609 g/mol. The third kappa shape index (κ3) is 7.80. The summed E-state index contributed by atoms with van der Waals surface area (Å²) in [4.78, 5) is 12.7. The minimum atomic E-state index is -2.01. The first-order valence-electron chi connectivity index (χ1n) is 13.5. The van der Waals surface area contributed by atoms with Gasteiger partial charge in [0.1, 0.15) is 35.8 Å². The number of benzene rings is 2. The number of ether oxygens (including phenoxy) is 6. The number of phenols is 2. The van der Waals surface area contributed by atoms with Gasteiger partial charge in [-0.25, -0.2) is 4.79 Å². The summed E-state index contributed by atoms with van der Waals surface area (Å²) in [5.74, 6) is -0.711. The summed E-state index contributed by atoms with van der Waals surface area (Å²) in [5, 5.41) is 70.9. The number of aliphatic hydroxyl groups is 5. The molecule has 7 N–H and O–H groups in total. The van der Waals surface area contributed by atoms with Crippen molar-refractivity contribution in [3.05, 3.63) is 59.7 Å². The topological polar surface area (TPSA) is 214 Å². The van der Waals surface area contributed by atoms with Crippen LogP contribution in [-0.4, -0.2) is 124 Å². The molecule has 0 aromatic heterocycles. The Morgan fingerprint density at radius 3 is 2.47 bits per heavy atom. The summed E-state index contributed by atoms with van der Waals surface area (Å²) in [6.07, 6.45) is -7.59. The zero-order chi connectivity index (χ0) is 31.1. The Kier molecular flexibility index (Phi) is 10.9. The molecule has 2 saturated heterocycles. The number of aromatic hydroxyl groups is 2. The van der Waals surface area contributed by atoms with E-state index in [1.807, 2.05) is 0 Å². The first-order valence-corrected chi connectivity index (χ1v) is 13.5. The highest BCUT2D eigenvalue weighted by Crippen LogP contribution is 2.33. The number of hydrogen-bond donors (Lipinski definition) is 7. The van der Waals surface area contributed by atoms with Gasteiger partial charge in [-0.1, -0.05) is 18.2 Å². The van der Waals surface area contributed by atoms with Crippen molar-refractivity contribution in [3.63, 3.8) is 0 Å². The molecule has 2 aliphatic rings. The van der Waals surface area contributed by atoms with Crippen LogP contribution in [0.1, 0.15) is 11.1 Å². The zero-order valence-corrected chi connectivity index (χ0v) is 23.3. The molecule has 2 aliphatic heterocycles. The van der Waals surface area contributed by atoms with Crippen molar-refractivity contribution in [2.75, 3.05) is 33.5 Å². The molecular formula is C29H36O14. The Balaban J connectivity index is 1.49. The number of esters is 1. The maximum Gasteiger partial charge on any atom is 0.331 e. The Morgan fingerprint density at radius 2 is 1.81 bits per heavy atom. The molecule has 2 aromatic carbocycles. The first-order chi connectivity index (χ1) is 20.6. The van der Waals surface area contributed by atoms with Gasteiger partial charge in [0.15, 0.2) is 30.2 Å². The van der Waals surface area contributed by atoms with Gasteiger partial charge in [0, 0.05) is 6.08 Å². The molecule has 0 saturated carbocycles. The average Bonchev–Trinajstić information content (AvgIpc) is 3.29. The Morgan fingerprint density at radius 1 is 1.07 bits per heavy atom. The first kappa shape index (κ1) is 32.6. The zero-order valence-electron chi connectivity index (χ0n) is 23.3. The van der Waals surface area contributed by atoms with Gasteiger partial charge in [-0.3, -0.25) is 0 Å². The molecule has 8 atom stereocenters. The van der Waals surface area contributed by atoms with Gasteiger partial charge < -0.3 is 64.2 Å². The molecule has 236 valence electrons. The fourth-order valence-corrected chi connectivity index (χ4v) is 4.62. The lowest BCUT2D eigenvalue weighted by Crippen LogP contribution is -2.62. The molecule has 0 bridgehead atoms. The highest BCUT2D eigenvalue weighted by Gasteiger charge is 2.54. The van der Waals surface area contributed by atoms with Crippen LogP contribution < -0.4 is 4.74 Å². The summed E-state index contributed by atoms with van der Waals surface area (Å²) < 4.78 is 33.2. The highest BCUT2D eigenvalue weighted by molar-refractivity contribution is 5.87. The van der Waals surface area contributed by atoms with E-state index in [4.69, 9.17) is 28.4 Å². The van der Waals surface area contributed by atoms with Crippen LogP contribution >= 0.6 is 0 Å². The maximum atomic E-state index is 12.7. The maximum absolute atomic E-state index is 12.7. The predicted octanol–water partition coefficient (Wildman–Crippen LogP) is -0.805. The summed E-state index contributed by atoms with van der Waals surface area (Å²) in [6.45, 7) is -1.92. The van der Waals surface area contributed by atoms with Crippen molar-refractivity contribution >= 4 is 12.0 Å². The molecular weight excluding hydrogens is 572 g/mol. The number of aliphatic hydroxyl groups excluding tert-OH is 4. The number of carbonyl (C=O) groups excluding carboxylic acids is 1. The summed E-state index contributed by atoms with van der Waals surface area (Å²) in [5.41, 5.74) is -0.697. The van der Waals surface area contributed by atoms with Crippen LogP contribution in [0.2, 0.25) is 0 Å². The number of rotatable bonds is 12. The molecule has 8 unspecified atom stereocenters. The van der Waals surface area contributed by atoms with Crippen molar-refractivity contribution in [1.82, 2.24) is 0 Å².